The summed E-state index contributed by atoms with van der Waals surface area (Å²) in [5.41, 5.74) is 2.79. The van der Waals surface area contributed by atoms with Crippen molar-refractivity contribution in [3.05, 3.63) is 66.2 Å². The quantitative estimate of drug-likeness (QED) is 0.375. The second-order valence-electron chi connectivity index (χ2n) is 8.15. The fourth-order valence-electron chi connectivity index (χ4n) is 4.58. The Bertz CT molecular complexity index is 765. The van der Waals surface area contributed by atoms with E-state index in [9.17, 15) is 0 Å². The molecule has 0 amide bonds. The van der Waals surface area contributed by atoms with E-state index < -0.39 is 0 Å². The van der Waals surface area contributed by atoms with Crippen LogP contribution in [-0.4, -0.2) is 50.6 Å². The van der Waals surface area contributed by atoms with Crippen molar-refractivity contribution in [2.75, 3.05) is 44.7 Å². The second kappa shape index (κ2) is 10.9. The Kier molecular flexibility index (Phi) is 8.21. The Balaban J connectivity index is 0.00000240. The number of hydrogen-bond donors (Lipinski definition) is 1. The van der Waals surface area contributed by atoms with Crippen LogP contribution in [0.4, 0.5) is 5.69 Å². The highest BCUT2D eigenvalue weighted by Crippen LogP contribution is 2.24. The van der Waals surface area contributed by atoms with E-state index in [2.05, 4.69) is 80.8 Å². The largest absolute Gasteiger partial charge is 0.371 e. The van der Waals surface area contributed by atoms with Crippen LogP contribution in [0.5, 0.6) is 0 Å². The molecule has 0 spiro atoms. The van der Waals surface area contributed by atoms with Crippen LogP contribution in [0.15, 0.2) is 65.7 Å². The summed E-state index contributed by atoms with van der Waals surface area (Å²) < 4.78 is 0. The van der Waals surface area contributed by atoms with Crippen molar-refractivity contribution in [2.24, 2.45) is 16.8 Å². The summed E-state index contributed by atoms with van der Waals surface area (Å²) in [5, 5.41) is 3.66. The molecule has 1 N–H and O–H groups in total. The first-order valence-corrected chi connectivity index (χ1v) is 10.6. The first-order valence-electron chi connectivity index (χ1n) is 10.6. The minimum Gasteiger partial charge on any atom is -0.371 e. The monoisotopic (exact) mass is 504 g/mol. The van der Waals surface area contributed by atoms with Gasteiger partial charge in [-0.15, -0.1) is 24.0 Å². The van der Waals surface area contributed by atoms with E-state index in [1.807, 2.05) is 7.05 Å². The zero-order valence-corrected chi connectivity index (χ0v) is 19.7. The average Bonchev–Trinajstić information content (AvgIpc) is 3.40. The maximum atomic E-state index is 4.57. The smallest absolute Gasteiger partial charge is 0.193 e. The van der Waals surface area contributed by atoms with Gasteiger partial charge in [0.2, 0.25) is 0 Å². The summed E-state index contributed by atoms with van der Waals surface area (Å²) in [5.74, 6) is 2.48. The van der Waals surface area contributed by atoms with Gasteiger partial charge in [0.25, 0.3) is 0 Å². The van der Waals surface area contributed by atoms with Crippen molar-refractivity contribution < 1.29 is 0 Å². The molecule has 4 rings (SSSR count). The molecule has 2 aliphatic rings. The molecule has 2 aromatic rings. The molecule has 2 fully saturated rings. The lowest BCUT2D eigenvalue weighted by Gasteiger charge is -2.23. The van der Waals surface area contributed by atoms with E-state index >= 15 is 0 Å². The van der Waals surface area contributed by atoms with Gasteiger partial charge in [-0.3, -0.25) is 4.99 Å². The summed E-state index contributed by atoms with van der Waals surface area (Å²) in [4.78, 5) is 9.51. The zero-order chi connectivity index (χ0) is 19.2. The van der Waals surface area contributed by atoms with Crippen molar-refractivity contribution in [1.29, 1.82) is 0 Å². The Morgan fingerprint density at radius 2 is 1.62 bits per heavy atom. The van der Waals surface area contributed by atoms with Gasteiger partial charge in [-0.1, -0.05) is 48.5 Å². The molecule has 2 aromatic carbocycles. The molecular formula is C24H33IN4. The first-order chi connectivity index (χ1) is 13.8. The predicted octanol–water partition coefficient (Wildman–Crippen LogP) is 4.27. The fourth-order valence-corrected chi connectivity index (χ4v) is 4.58. The number of hydrogen-bond acceptors (Lipinski definition) is 2. The fraction of sp³-hybridized carbons (Fsp3) is 0.458. The summed E-state index contributed by atoms with van der Waals surface area (Å²) in [6, 6.07) is 21.6. The molecule has 2 atom stereocenters. The number of nitrogens with one attached hydrogen (secondary N) is 1. The summed E-state index contributed by atoms with van der Waals surface area (Å²) >= 11 is 0. The Morgan fingerprint density at radius 1 is 0.931 bits per heavy atom. The topological polar surface area (TPSA) is 30.9 Å². The van der Waals surface area contributed by atoms with Crippen LogP contribution in [0.25, 0.3) is 0 Å². The summed E-state index contributed by atoms with van der Waals surface area (Å²) in [6.07, 6.45) is 3.67. The number of halogens is 1. The first kappa shape index (κ1) is 21.9. The van der Waals surface area contributed by atoms with E-state index in [1.54, 1.807) is 0 Å². The molecule has 2 saturated heterocycles. The Hall–Kier alpha value is -1.76. The normalized spacial score (nSPS) is 21.9. The number of benzene rings is 2. The van der Waals surface area contributed by atoms with E-state index in [-0.39, 0.29) is 24.0 Å². The molecule has 2 heterocycles. The molecule has 2 unspecified atom stereocenters. The molecule has 4 nitrogen and oxygen atoms in total. The van der Waals surface area contributed by atoms with Crippen molar-refractivity contribution >= 4 is 35.6 Å². The van der Waals surface area contributed by atoms with Gasteiger partial charge in [0.15, 0.2) is 5.96 Å². The predicted molar refractivity (Wildman–Crippen MR) is 133 cm³/mol. The molecule has 29 heavy (non-hydrogen) atoms. The van der Waals surface area contributed by atoms with Crippen LogP contribution in [0.3, 0.4) is 0 Å². The number of likely N-dealkylation sites (tertiary alicyclic amines) is 1. The Morgan fingerprint density at radius 3 is 2.34 bits per heavy atom. The van der Waals surface area contributed by atoms with E-state index in [0.717, 1.165) is 44.6 Å². The number of anilines is 1. The molecule has 0 radical (unpaired) electrons. The van der Waals surface area contributed by atoms with Gasteiger partial charge < -0.3 is 15.1 Å². The van der Waals surface area contributed by atoms with Crippen molar-refractivity contribution in [3.63, 3.8) is 0 Å². The number of nitrogens with zero attached hydrogens (tertiary/aromatic N) is 3. The minimum absolute atomic E-state index is 0. The third-order valence-electron chi connectivity index (χ3n) is 6.12. The van der Waals surface area contributed by atoms with E-state index in [0.29, 0.717) is 5.92 Å². The van der Waals surface area contributed by atoms with Crippen LogP contribution in [0.1, 0.15) is 18.4 Å². The van der Waals surface area contributed by atoms with Crippen molar-refractivity contribution in [1.82, 2.24) is 10.2 Å². The maximum Gasteiger partial charge on any atom is 0.193 e. The number of guanidine groups is 1. The third-order valence-corrected chi connectivity index (χ3v) is 6.12. The van der Waals surface area contributed by atoms with Crippen molar-refractivity contribution in [3.8, 4) is 0 Å². The SMILES string of the molecule is CN=C(NCC1CCN(c2ccccc2)C1)N1CCC(Cc2ccccc2)C1.I. The highest BCUT2D eigenvalue weighted by atomic mass is 127. The lowest BCUT2D eigenvalue weighted by molar-refractivity contribution is 0.450. The molecular weight excluding hydrogens is 471 g/mol. The number of rotatable bonds is 5. The third kappa shape index (κ3) is 5.87. The summed E-state index contributed by atoms with van der Waals surface area (Å²) in [6.45, 7) is 5.51. The van der Waals surface area contributed by atoms with Crippen LogP contribution in [0.2, 0.25) is 0 Å². The number of para-hydroxylation sites is 1. The lowest BCUT2D eigenvalue weighted by atomic mass is 9.99. The second-order valence-corrected chi connectivity index (χ2v) is 8.15. The zero-order valence-electron chi connectivity index (χ0n) is 17.3. The average molecular weight is 504 g/mol. The highest BCUT2D eigenvalue weighted by Gasteiger charge is 2.27. The highest BCUT2D eigenvalue weighted by molar-refractivity contribution is 14.0. The molecule has 5 heteroatoms. The van der Waals surface area contributed by atoms with Crippen LogP contribution >= 0.6 is 24.0 Å². The molecule has 2 aliphatic heterocycles. The van der Waals surface area contributed by atoms with Gasteiger partial charge in [-0.25, -0.2) is 0 Å². The van der Waals surface area contributed by atoms with E-state index in [1.165, 1.54) is 30.5 Å². The molecule has 156 valence electrons. The molecule has 0 aromatic heterocycles. The van der Waals surface area contributed by atoms with Crippen LogP contribution in [-0.2, 0) is 6.42 Å². The lowest BCUT2D eigenvalue weighted by Crippen LogP contribution is -2.42. The van der Waals surface area contributed by atoms with Gasteiger partial charge in [0.1, 0.15) is 0 Å². The maximum absolute atomic E-state index is 4.57. The molecule has 0 bridgehead atoms. The number of aliphatic imine (C=N–C) groups is 1. The molecule has 0 saturated carbocycles. The Labute approximate surface area is 192 Å². The van der Waals surface area contributed by atoms with Crippen molar-refractivity contribution in [2.45, 2.75) is 19.3 Å². The van der Waals surface area contributed by atoms with Gasteiger partial charge in [0, 0.05) is 45.5 Å². The summed E-state index contributed by atoms with van der Waals surface area (Å²) in [7, 11) is 1.91. The van der Waals surface area contributed by atoms with Crippen LogP contribution < -0.4 is 10.2 Å². The standard InChI is InChI=1S/C24H32N4.HI/c1-25-24(28-15-12-21(18-28)16-20-8-4-2-5-9-20)26-17-22-13-14-27(19-22)23-10-6-3-7-11-23;/h2-11,21-22H,12-19H2,1H3,(H,25,26);1H. The molecule has 0 aliphatic carbocycles. The van der Waals surface area contributed by atoms with E-state index in [4.69, 9.17) is 0 Å². The van der Waals surface area contributed by atoms with Gasteiger partial charge >= 0.3 is 0 Å². The van der Waals surface area contributed by atoms with Gasteiger partial charge in [-0.05, 0) is 48.8 Å². The van der Waals surface area contributed by atoms with Gasteiger partial charge in [-0.2, -0.15) is 0 Å². The van der Waals surface area contributed by atoms with Crippen LogP contribution in [0, 0.1) is 11.8 Å². The minimum atomic E-state index is 0. The van der Waals surface area contributed by atoms with Gasteiger partial charge in [0.05, 0.1) is 0 Å².